The Kier molecular flexibility index (Phi) is 13.6. The van der Waals surface area contributed by atoms with Gasteiger partial charge in [0, 0.05) is 0 Å². The van der Waals surface area contributed by atoms with Gasteiger partial charge < -0.3 is 0 Å². The van der Waals surface area contributed by atoms with E-state index in [0.29, 0.717) is 5.92 Å². The van der Waals surface area contributed by atoms with Gasteiger partial charge in [0.15, 0.2) is 0 Å². The Bertz CT molecular complexity index is 2320. The number of allylic oxidation sites excluding steroid dienone is 4. The van der Waals surface area contributed by atoms with E-state index in [9.17, 15) is 0 Å². The Morgan fingerprint density at radius 3 is 1.39 bits per heavy atom. The summed E-state index contributed by atoms with van der Waals surface area (Å²) in [5.74, 6) is 0.572. The minimum atomic E-state index is -5.46. The van der Waals surface area contributed by atoms with E-state index in [1.807, 2.05) is 0 Å². The van der Waals surface area contributed by atoms with Crippen molar-refractivity contribution in [3.05, 3.63) is 131 Å². The molecule has 0 N–H and O–H groups in total. The second-order valence-corrected chi connectivity index (χ2v) is 36.7. The molecule has 4 aromatic carbocycles. The maximum absolute atomic E-state index is 6.85. The van der Waals surface area contributed by atoms with Gasteiger partial charge in [-0.15, -0.1) is 24.8 Å². The molecule has 0 spiro atoms. The molecule has 0 fully saturated rings. The fraction of sp³-hybridized carbons (Fsp3) is 0.463. The van der Waals surface area contributed by atoms with Gasteiger partial charge in [-0.2, -0.15) is 0 Å². The molecule has 4 aromatic rings. The molecule has 0 amide bonds. The molecule has 0 aliphatic heterocycles. The van der Waals surface area contributed by atoms with Crippen molar-refractivity contribution in [2.45, 2.75) is 146 Å². The zero-order valence-corrected chi connectivity index (χ0v) is 44.7. The molecule has 0 bridgehead atoms. The molecule has 2 aliphatic carbocycles. The molecule has 0 saturated carbocycles. The van der Waals surface area contributed by atoms with Gasteiger partial charge in [-0.05, 0) is 0 Å². The molecule has 0 heterocycles. The van der Waals surface area contributed by atoms with Gasteiger partial charge in [-0.25, -0.2) is 0 Å². The van der Waals surface area contributed by atoms with Crippen molar-refractivity contribution >= 4 is 62.0 Å². The Morgan fingerprint density at radius 2 is 1.00 bits per heavy atom. The van der Waals surface area contributed by atoms with Gasteiger partial charge in [0.2, 0.25) is 0 Å². The summed E-state index contributed by atoms with van der Waals surface area (Å²) >= 11 is 8.24. The Balaban J connectivity index is 0.00000384. The number of benzene rings is 4. The first-order valence-electron chi connectivity index (χ1n) is 21.3. The van der Waals surface area contributed by atoms with E-state index in [4.69, 9.17) is 27.4 Å². The van der Waals surface area contributed by atoms with Gasteiger partial charge >= 0.3 is 361 Å². The van der Waals surface area contributed by atoms with E-state index in [-0.39, 0.29) is 57.8 Å². The third-order valence-corrected chi connectivity index (χ3v) is 30.1. The topological polar surface area (TPSA) is 0 Å². The molecule has 5 heteroatoms. The first-order valence-corrected chi connectivity index (χ1v) is 28.7. The standard InChI is InChI=1S/C29H41.C12H19.2C6H4Cl.CH2.2ClH.Zr/c1-26(2,3)22-14-18-13-19-15-23(27(4,5)6)25(29(10,11)12)17-21(19)20(18)16-24(22)28(7,8)9;1-9(2)10-6-7-11(8-10)12(3,4)5;2*7-6-4-2-1-3-5-6;;;;/h14,16-17H,13H2,1-12H3;7-10H,1-5H3;2*2-5H;1H2;2*1H;. The minimum absolute atomic E-state index is 0. The van der Waals surface area contributed by atoms with Crippen LogP contribution in [0.1, 0.15) is 151 Å². The molecule has 0 saturated heterocycles. The molecule has 59 heavy (non-hydrogen) atoms. The number of hydrogen-bond donors (Lipinski definition) is 0. The summed E-state index contributed by atoms with van der Waals surface area (Å²) < 4.78 is 11.8. The van der Waals surface area contributed by atoms with Crippen LogP contribution in [-0.4, -0.2) is 4.21 Å². The van der Waals surface area contributed by atoms with E-state index in [1.165, 1.54) is 63.2 Å². The molecule has 320 valence electrons. The molecule has 0 aromatic heterocycles. The van der Waals surface area contributed by atoms with Gasteiger partial charge in [0.05, 0.1) is 0 Å². The molecule has 6 rings (SSSR count). The third-order valence-electron chi connectivity index (χ3n) is 13.3. The summed E-state index contributed by atoms with van der Waals surface area (Å²) in [7, 11) is 0. The second-order valence-electron chi connectivity index (χ2n) is 23.1. The van der Waals surface area contributed by atoms with Gasteiger partial charge in [0.1, 0.15) is 0 Å². The van der Waals surface area contributed by atoms with E-state index < -0.39 is 18.3 Å². The van der Waals surface area contributed by atoms with Crippen molar-refractivity contribution in [3.63, 3.8) is 0 Å². The van der Waals surface area contributed by atoms with E-state index in [0.717, 1.165) is 16.5 Å². The van der Waals surface area contributed by atoms with Crippen LogP contribution in [0.3, 0.4) is 0 Å². The number of rotatable bonds is 5. The first-order chi connectivity index (χ1) is 25.9. The van der Waals surface area contributed by atoms with Crippen molar-refractivity contribution in [2.24, 2.45) is 17.3 Å². The van der Waals surface area contributed by atoms with Crippen molar-refractivity contribution < 1.29 is 18.3 Å². The average molecular weight is 954 g/mol. The first kappa shape index (κ1) is 49.9. The normalized spacial score (nSPS) is 16.3. The maximum atomic E-state index is 6.85. The Hall–Kier alpha value is -1.73. The van der Waals surface area contributed by atoms with Crippen LogP contribution in [0.4, 0.5) is 0 Å². The van der Waals surface area contributed by atoms with Crippen LogP contribution in [0.15, 0.2) is 87.7 Å². The fourth-order valence-electron chi connectivity index (χ4n) is 10.3. The average Bonchev–Trinajstić information content (AvgIpc) is 3.69. The summed E-state index contributed by atoms with van der Waals surface area (Å²) in [6.45, 7) is 40.7. The van der Waals surface area contributed by atoms with Crippen LogP contribution in [0, 0.1) is 17.3 Å². The van der Waals surface area contributed by atoms with Crippen LogP contribution in [-0.2, 0) is 46.4 Å². The summed E-state index contributed by atoms with van der Waals surface area (Å²) in [5.41, 5.74) is 12.5. The van der Waals surface area contributed by atoms with Crippen LogP contribution >= 0.6 is 48.0 Å². The van der Waals surface area contributed by atoms with Crippen molar-refractivity contribution in [1.82, 2.24) is 0 Å². The molecular formula is C54H72Cl4Zr. The van der Waals surface area contributed by atoms with Crippen molar-refractivity contribution in [1.29, 1.82) is 0 Å². The van der Waals surface area contributed by atoms with E-state index in [1.54, 1.807) is 0 Å². The molecule has 1 atom stereocenters. The van der Waals surface area contributed by atoms with Crippen LogP contribution in [0.2, 0.25) is 10.0 Å². The zero-order valence-electron chi connectivity index (χ0n) is 39.1. The molecule has 2 aliphatic rings. The predicted molar refractivity (Wildman–Crippen MR) is 267 cm³/mol. The van der Waals surface area contributed by atoms with Gasteiger partial charge in [-0.1, -0.05) is 0 Å². The van der Waals surface area contributed by atoms with E-state index in [2.05, 4.69) is 197 Å². The van der Waals surface area contributed by atoms with Crippen LogP contribution < -0.4 is 9.81 Å². The summed E-state index contributed by atoms with van der Waals surface area (Å²) in [6, 6.07) is 25.6. The Labute approximate surface area is 382 Å². The molecular weight excluding hydrogens is 882 g/mol. The molecule has 0 radical (unpaired) electrons. The molecule has 0 nitrogen and oxygen atoms in total. The summed E-state index contributed by atoms with van der Waals surface area (Å²) in [4.78, 5) is 0. The fourth-order valence-corrected chi connectivity index (χ4v) is 28.4. The predicted octanol–water partition coefficient (Wildman–Crippen LogP) is 15.1. The molecule has 1 unspecified atom stereocenters. The monoisotopic (exact) mass is 950 g/mol. The number of hydrogen-bond acceptors (Lipinski definition) is 0. The summed E-state index contributed by atoms with van der Waals surface area (Å²) in [6.07, 6.45) is 6.11. The number of halogens is 4. The van der Waals surface area contributed by atoms with Crippen molar-refractivity contribution in [2.75, 3.05) is 0 Å². The Morgan fingerprint density at radius 1 is 0.576 bits per heavy atom. The van der Waals surface area contributed by atoms with Crippen LogP contribution in [0.25, 0.3) is 11.1 Å². The zero-order chi connectivity index (χ0) is 42.7. The number of fused-ring (bicyclic) bond motifs is 3. The summed E-state index contributed by atoms with van der Waals surface area (Å²) in [5, 5.41) is 1.49. The quantitative estimate of drug-likeness (QED) is 0.165. The van der Waals surface area contributed by atoms with Crippen molar-refractivity contribution in [3.8, 4) is 11.1 Å². The second kappa shape index (κ2) is 16.1. The van der Waals surface area contributed by atoms with Crippen LogP contribution in [0.5, 0.6) is 0 Å². The third kappa shape index (κ3) is 8.42. The SMILES string of the molecule is Cl.Cl.[CH2]=[Zr]([C]1=CC(C(C)(C)C)=CC1C(C)C)([c]1ccc(Cl)cc1)([c]1ccc(Cl)cc1)[c]1c2c(cc(C(C)(C)C)c1C(C)(C)C)-c1cc(C(C)(C)C)c(C(C)(C)C)cc1C2. The van der Waals surface area contributed by atoms with Gasteiger partial charge in [0.25, 0.3) is 0 Å². The van der Waals surface area contributed by atoms with E-state index >= 15 is 0 Å². The van der Waals surface area contributed by atoms with Gasteiger partial charge in [-0.3, -0.25) is 0 Å².